The molecular formula is C29H32ClN5O5. The number of benzene rings is 2. The molecule has 2 amide bonds. The zero-order valence-electron chi connectivity index (χ0n) is 22.9. The molecule has 1 saturated heterocycles. The molecule has 1 aromatic heterocycles. The lowest BCUT2D eigenvalue weighted by atomic mass is 9.97. The SMILES string of the molecule is CCC(OC(=O)N1CCC[C@@H](C(=O)Nc2n[nH]c3ccc(-c4cc(C#N)ccc4Cl)cc23)C1)OC(=O)C(C)(C)C. The van der Waals surface area contributed by atoms with Crippen molar-refractivity contribution in [1.29, 1.82) is 5.26 Å². The van der Waals surface area contributed by atoms with Crippen molar-refractivity contribution in [3.8, 4) is 17.2 Å². The van der Waals surface area contributed by atoms with Gasteiger partial charge in [0.1, 0.15) is 0 Å². The first-order valence-corrected chi connectivity index (χ1v) is 13.5. The molecule has 0 radical (unpaired) electrons. The summed E-state index contributed by atoms with van der Waals surface area (Å²) < 4.78 is 10.8. The lowest BCUT2D eigenvalue weighted by Gasteiger charge is -2.32. The van der Waals surface area contributed by atoms with E-state index in [1.807, 2.05) is 18.2 Å². The molecule has 3 aromatic rings. The zero-order chi connectivity index (χ0) is 29.0. The highest BCUT2D eigenvalue weighted by Crippen LogP contribution is 2.33. The van der Waals surface area contributed by atoms with Gasteiger partial charge in [0, 0.05) is 35.5 Å². The second kappa shape index (κ2) is 12.0. The minimum Gasteiger partial charge on any atom is -0.425 e. The summed E-state index contributed by atoms with van der Waals surface area (Å²) in [4.78, 5) is 39.8. The van der Waals surface area contributed by atoms with Crippen molar-refractivity contribution in [3.63, 3.8) is 0 Å². The highest BCUT2D eigenvalue weighted by Gasteiger charge is 2.32. The molecule has 2 N–H and O–H groups in total. The molecule has 1 aliphatic rings. The first kappa shape index (κ1) is 28.9. The van der Waals surface area contributed by atoms with E-state index in [0.717, 1.165) is 11.1 Å². The zero-order valence-corrected chi connectivity index (χ0v) is 23.7. The third kappa shape index (κ3) is 6.54. The van der Waals surface area contributed by atoms with Crippen molar-refractivity contribution in [2.24, 2.45) is 11.3 Å². The predicted molar refractivity (Wildman–Crippen MR) is 150 cm³/mol. The van der Waals surface area contributed by atoms with Gasteiger partial charge in [-0.05, 0) is 69.5 Å². The summed E-state index contributed by atoms with van der Waals surface area (Å²) >= 11 is 6.39. The van der Waals surface area contributed by atoms with Crippen molar-refractivity contribution < 1.29 is 23.9 Å². The number of carbonyl (C=O) groups is 3. The van der Waals surface area contributed by atoms with Crippen molar-refractivity contribution in [2.45, 2.75) is 53.2 Å². The van der Waals surface area contributed by atoms with Crippen LogP contribution in [0.15, 0.2) is 36.4 Å². The number of esters is 1. The quantitative estimate of drug-likeness (QED) is 0.282. The van der Waals surface area contributed by atoms with Gasteiger partial charge in [0.2, 0.25) is 12.2 Å². The largest absolute Gasteiger partial charge is 0.425 e. The molecule has 2 atom stereocenters. The van der Waals surface area contributed by atoms with Crippen molar-refractivity contribution in [1.82, 2.24) is 15.1 Å². The van der Waals surface area contributed by atoms with E-state index in [1.54, 1.807) is 45.9 Å². The van der Waals surface area contributed by atoms with Crippen LogP contribution in [0.5, 0.6) is 0 Å². The number of rotatable bonds is 6. The molecule has 0 spiro atoms. The monoisotopic (exact) mass is 565 g/mol. The van der Waals surface area contributed by atoms with Crippen LogP contribution in [0.2, 0.25) is 5.02 Å². The second-order valence-electron chi connectivity index (χ2n) is 10.8. The first-order valence-electron chi connectivity index (χ1n) is 13.2. The number of nitriles is 1. The molecule has 1 unspecified atom stereocenters. The maximum absolute atomic E-state index is 13.2. The van der Waals surface area contributed by atoms with E-state index in [-0.39, 0.29) is 12.5 Å². The normalized spacial score (nSPS) is 16.2. The molecule has 1 aliphatic heterocycles. The Morgan fingerprint density at radius 1 is 1.23 bits per heavy atom. The fraction of sp³-hybridized carbons (Fsp3) is 0.414. The standard InChI is InChI=1S/C29H32ClN5O5/c1-5-24(39-27(37)29(2,3)4)40-28(38)35-12-6-7-19(16-35)26(36)32-25-21-14-18(9-11-23(21)33-34-25)20-13-17(15-31)8-10-22(20)30/h8-11,13-14,19,24H,5-7,12,16H2,1-4H3,(H2,32,33,34,36)/t19-,24?/m1/s1. The molecular weight excluding hydrogens is 534 g/mol. The highest BCUT2D eigenvalue weighted by atomic mass is 35.5. The van der Waals surface area contributed by atoms with Crippen LogP contribution in [0.25, 0.3) is 22.0 Å². The van der Waals surface area contributed by atoms with E-state index in [4.69, 9.17) is 21.1 Å². The van der Waals surface area contributed by atoms with Gasteiger partial charge in [-0.3, -0.25) is 14.7 Å². The van der Waals surface area contributed by atoms with Crippen LogP contribution >= 0.6 is 11.6 Å². The molecule has 40 heavy (non-hydrogen) atoms. The molecule has 0 bridgehead atoms. The topological polar surface area (TPSA) is 137 Å². The Labute approximate surface area is 237 Å². The Kier molecular flexibility index (Phi) is 8.64. The average Bonchev–Trinajstić information content (AvgIpc) is 3.34. The minimum atomic E-state index is -1.000. The van der Waals surface area contributed by atoms with Crippen LogP contribution in [0.4, 0.5) is 10.6 Å². The van der Waals surface area contributed by atoms with Crippen LogP contribution < -0.4 is 5.32 Å². The second-order valence-corrected chi connectivity index (χ2v) is 11.2. The maximum atomic E-state index is 13.2. The van der Waals surface area contributed by atoms with Gasteiger partial charge in [-0.25, -0.2) is 4.79 Å². The van der Waals surface area contributed by atoms with Gasteiger partial charge in [0.15, 0.2) is 5.82 Å². The number of fused-ring (bicyclic) bond motifs is 1. The number of carbonyl (C=O) groups excluding carboxylic acids is 3. The summed E-state index contributed by atoms with van der Waals surface area (Å²) in [5.41, 5.74) is 1.95. The number of likely N-dealkylation sites (tertiary alicyclic amines) is 1. The number of anilines is 1. The number of aromatic nitrogens is 2. The number of nitrogens with zero attached hydrogens (tertiary/aromatic N) is 3. The average molecular weight is 566 g/mol. The number of hydrogen-bond acceptors (Lipinski definition) is 7. The summed E-state index contributed by atoms with van der Waals surface area (Å²) in [6, 6.07) is 12.7. The molecule has 0 aliphatic carbocycles. The Balaban J connectivity index is 1.44. The van der Waals surface area contributed by atoms with E-state index in [2.05, 4.69) is 21.6 Å². The molecule has 2 aromatic carbocycles. The van der Waals surface area contributed by atoms with Crippen molar-refractivity contribution in [3.05, 3.63) is 47.0 Å². The van der Waals surface area contributed by atoms with E-state index in [1.165, 1.54) is 4.90 Å². The summed E-state index contributed by atoms with van der Waals surface area (Å²) in [5.74, 6) is -0.853. The number of hydrogen-bond donors (Lipinski definition) is 2. The molecule has 4 rings (SSSR count). The summed E-state index contributed by atoms with van der Waals surface area (Å²) in [6.07, 6.45) is -0.107. The number of amides is 2. The van der Waals surface area contributed by atoms with Gasteiger partial charge in [-0.1, -0.05) is 24.6 Å². The van der Waals surface area contributed by atoms with Crippen LogP contribution in [0, 0.1) is 22.7 Å². The fourth-order valence-electron chi connectivity index (χ4n) is 4.34. The van der Waals surface area contributed by atoms with Gasteiger partial charge in [0.05, 0.1) is 28.5 Å². The number of nitrogens with one attached hydrogen (secondary N) is 2. The van der Waals surface area contributed by atoms with E-state index in [9.17, 15) is 19.6 Å². The molecule has 10 nitrogen and oxygen atoms in total. The molecule has 2 heterocycles. The lowest BCUT2D eigenvalue weighted by molar-refractivity contribution is -0.179. The third-order valence-corrected chi connectivity index (χ3v) is 7.01. The molecule has 1 fully saturated rings. The number of piperidine rings is 1. The predicted octanol–water partition coefficient (Wildman–Crippen LogP) is 5.87. The maximum Gasteiger partial charge on any atom is 0.412 e. The number of halogens is 1. The van der Waals surface area contributed by atoms with E-state index in [0.29, 0.717) is 53.2 Å². The molecule has 0 saturated carbocycles. The summed E-state index contributed by atoms with van der Waals surface area (Å²) in [5, 5.41) is 20.5. The highest BCUT2D eigenvalue weighted by molar-refractivity contribution is 6.33. The van der Waals surface area contributed by atoms with Gasteiger partial charge in [-0.15, -0.1) is 0 Å². The Morgan fingerprint density at radius 2 is 2.00 bits per heavy atom. The Morgan fingerprint density at radius 3 is 2.70 bits per heavy atom. The first-order chi connectivity index (χ1) is 19.0. The lowest BCUT2D eigenvalue weighted by Crippen LogP contribution is -2.45. The smallest absolute Gasteiger partial charge is 0.412 e. The number of H-pyrrole nitrogens is 1. The number of aromatic amines is 1. The minimum absolute atomic E-state index is 0.165. The van der Waals surface area contributed by atoms with E-state index < -0.39 is 29.7 Å². The van der Waals surface area contributed by atoms with Gasteiger partial charge in [-0.2, -0.15) is 10.4 Å². The Bertz CT molecular complexity index is 1470. The van der Waals surface area contributed by atoms with Crippen LogP contribution in [0.1, 0.15) is 52.5 Å². The van der Waals surface area contributed by atoms with Crippen molar-refractivity contribution >= 4 is 46.3 Å². The van der Waals surface area contributed by atoms with E-state index >= 15 is 0 Å². The Hall–Kier alpha value is -4.10. The third-order valence-electron chi connectivity index (χ3n) is 6.68. The van der Waals surface area contributed by atoms with Gasteiger partial charge >= 0.3 is 12.1 Å². The van der Waals surface area contributed by atoms with Crippen LogP contribution in [-0.4, -0.2) is 52.4 Å². The molecule has 11 heteroatoms. The molecule has 210 valence electrons. The number of ether oxygens (including phenoxy) is 2. The van der Waals surface area contributed by atoms with Gasteiger partial charge in [0.25, 0.3) is 0 Å². The van der Waals surface area contributed by atoms with Crippen molar-refractivity contribution in [2.75, 3.05) is 18.4 Å². The van der Waals surface area contributed by atoms with Gasteiger partial charge < -0.3 is 19.7 Å². The summed E-state index contributed by atoms with van der Waals surface area (Å²) in [6.45, 7) is 7.53. The summed E-state index contributed by atoms with van der Waals surface area (Å²) in [7, 11) is 0. The fourth-order valence-corrected chi connectivity index (χ4v) is 4.57. The van der Waals surface area contributed by atoms with Crippen LogP contribution in [-0.2, 0) is 19.1 Å². The van der Waals surface area contributed by atoms with Crippen LogP contribution in [0.3, 0.4) is 0 Å².